The number of nitrogens with one attached hydrogen (secondary N) is 2. The smallest absolute Gasteiger partial charge is 0.273 e. The zero-order chi connectivity index (χ0) is 20.6. The van der Waals surface area contributed by atoms with Crippen molar-refractivity contribution in [3.63, 3.8) is 0 Å². The molecule has 0 unspecified atom stereocenters. The van der Waals surface area contributed by atoms with E-state index < -0.39 is 15.9 Å². The number of carbonyl (C=O) groups excluding carboxylic acids is 2. The molecule has 10 heteroatoms. The van der Waals surface area contributed by atoms with Gasteiger partial charge in [-0.1, -0.05) is 6.92 Å². The van der Waals surface area contributed by atoms with Crippen LogP contribution < -0.4 is 10.6 Å². The first-order valence-electron chi connectivity index (χ1n) is 9.30. The first-order valence-corrected chi connectivity index (χ1v) is 10.7. The Balaban J connectivity index is 1.57. The molecular formula is C19H21N3O6S. The number of aromatic nitrogens is 1. The lowest BCUT2D eigenvalue weighted by atomic mass is 10.1. The third-order valence-corrected chi connectivity index (χ3v) is 6.68. The van der Waals surface area contributed by atoms with Gasteiger partial charge in [0.2, 0.25) is 0 Å². The summed E-state index contributed by atoms with van der Waals surface area (Å²) in [6.45, 7) is 3.03. The largest absolute Gasteiger partial charge is 0.353 e. The second-order valence-electron chi connectivity index (χ2n) is 6.87. The van der Waals surface area contributed by atoms with E-state index in [9.17, 15) is 18.0 Å². The average molecular weight is 419 g/mol. The van der Waals surface area contributed by atoms with Crippen LogP contribution in [-0.2, 0) is 25.9 Å². The Bertz CT molecular complexity index is 1070. The Morgan fingerprint density at radius 3 is 2.90 bits per heavy atom. The van der Waals surface area contributed by atoms with E-state index in [-0.39, 0.29) is 40.6 Å². The molecule has 4 rings (SSSR count). The monoisotopic (exact) mass is 419 g/mol. The van der Waals surface area contributed by atoms with E-state index in [4.69, 9.17) is 9.47 Å². The third-order valence-electron chi connectivity index (χ3n) is 4.95. The highest BCUT2D eigenvalue weighted by Crippen LogP contribution is 2.30. The number of carbonyl (C=O) groups is 2. The molecule has 0 bridgehead atoms. The Morgan fingerprint density at radius 2 is 2.17 bits per heavy atom. The predicted octanol–water partition coefficient (Wildman–Crippen LogP) is 1.35. The summed E-state index contributed by atoms with van der Waals surface area (Å²) in [7, 11) is -3.96. The first kappa shape index (κ1) is 19.6. The SMILES string of the molecule is CCc1cc2n(c1)S(=O)(=O)c1ccc(C(=O)NCC[C@H]3COCO3)cc1NC2=O. The average Bonchev–Trinajstić information content (AvgIpc) is 3.36. The van der Waals surface area contributed by atoms with E-state index in [0.717, 1.165) is 9.54 Å². The summed E-state index contributed by atoms with van der Waals surface area (Å²) in [5, 5.41) is 5.38. The molecule has 2 amide bonds. The molecule has 0 aliphatic carbocycles. The summed E-state index contributed by atoms with van der Waals surface area (Å²) >= 11 is 0. The van der Waals surface area contributed by atoms with Crippen molar-refractivity contribution in [2.24, 2.45) is 0 Å². The van der Waals surface area contributed by atoms with Crippen molar-refractivity contribution in [2.75, 3.05) is 25.3 Å². The molecule has 1 atom stereocenters. The number of rotatable bonds is 5. The Labute approximate surface area is 168 Å². The minimum atomic E-state index is -3.96. The first-order chi connectivity index (χ1) is 13.9. The van der Waals surface area contributed by atoms with Crippen molar-refractivity contribution in [1.82, 2.24) is 9.29 Å². The van der Waals surface area contributed by atoms with E-state index in [1.54, 1.807) is 6.07 Å². The van der Waals surface area contributed by atoms with E-state index in [2.05, 4.69) is 10.6 Å². The van der Waals surface area contributed by atoms with Crippen LogP contribution in [0.2, 0.25) is 0 Å². The van der Waals surface area contributed by atoms with Gasteiger partial charge in [0.1, 0.15) is 17.4 Å². The van der Waals surface area contributed by atoms with Crippen LogP contribution >= 0.6 is 0 Å². The molecule has 1 aromatic heterocycles. The van der Waals surface area contributed by atoms with Gasteiger partial charge < -0.3 is 20.1 Å². The number of anilines is 1. The van der Waals surface area contributed by atoms with Crippen LogP contribution in [-0.4, -0.2) is 50.3 Å². The minimum absolute atomic E-state index is 0.0443. The Hall–Kier alpha value is -2.69. The second-order valence-corrected chi connectivity index (χ2v) is 8.66. The maximum absolute atomic E-state index is 13.0. The molecule has 2 aromatic rings. The fraction of sp³-hybridized carbons (Fsp3) is 0.368. The summed E-state index contributed by atoms with van der Waals surface area (Å²) in [5.74, 6) is -0.904. The van der Waals surface area contributed by atoms with Crippen molar-refractivity contribution in [1.29, 1.82) is 0 Å². The maximum Gasteiger partial charge on any atom is 0.273 e. The molecule has 2 aliphatic rings. The quantitative estimate of drug-likeness (QED) is 0.756. The van der Waals surface area contributed by atoms with Gasteiger partial charge in [0.15, 0.2) is 0 Å². The molecule has 0 radical (unpaired) electrons. The van der Waals surface area contributed by atoms with Gasteiger partial charge in [-0.05, 0) is 42.7 Å². The van der Waals surface area contributed by atoms with Gasteiger partial charge in [0.25, 0.3) is 21.8 Å². The maximum atomic E-state index is 13.0. The van der Waals surface area contributed by atoms with Crippen LogP contribution in [0.3, 0.4) is 0 Å². The lowest BCUT2D eigenvalue weighted by Gasteiger charge is -2.11. The molecular weight excluding hydrogens is 398 g/mol. The molecule has 154 valence electrons. The van der Waals surface area contributed by atoms with Gasteiger partial charge in [-0.3, -0.25) is 9.59 Å². The molecule has 9 nitrogen and oxygen atoms in total. The molecule has 0 saturated carbocycles. The fourth-order valence-corrected chi connectivity index (χ4v) is 4.84. The number of aryl methyl sites for hydroxylation is 1. The normalized spacial score (nSPS) is 19.8. The van der Waals surface area contributed by atoms with Crippen LogP contribution in [0.15, 0.2) is 35.4 Å². The summed E-state index contributed by atoms with van der Waals surface area (Å²) in [6, 6.07) is 5.71. The number of ether oxygens (including phenoxy) is 2. The van der Waals surface area contributed by atoms with Crippen LogP contribution in [0.1, 0.15) is 39.8 Å². The van der Waals surface area contributed by atoms with E-state index in [0.29, 0.717) is 26.0 Å². The number of hydrogen-bond donors (Lipinski definition) is 2. The van der Waals surface area contributed by atoms with Crippen molar-refractivity contribution in [2.45, 2.75) is 30.8 Å². The van der Waals surface area contributed by atoms with Crippen molar-refractivity contribution >= 4 is 27.5 Å². The number of amides is 2. The van der Waals surface area contributed by atoms with E-state index in [1.165, 1.54) is 24.4 Å². The number of nitrogens with zero attached hydrogens (tertiary/aromatic N) is 1. The number of hydrogen-bond acceptors (Lipinski definition) is 6. The summed E-state index contributed by atoms with van der Waals surface area (Å²) in [4.78, 5) is 24.9. The molecule has 29 heavy (non-hydrogen) atoms. The van der Waals surface area contributed by atoms with E-state index >= 15 is 0 Å². The zero-order valence-corrected chi connectivity index (χ0v) is 16.6. The molecule has 1 aromatic carbocycles. The van der Waals surface area contributed by atoms with Crippen molar-refractivity contribution in [3.05, 3.63) is 47.3 Å². The van der Waals surface area contributed by atoms with Crippen LogP contribution in [0.25, 0.3) is 0 Å². The van der Waals surface area contributed by atoms with Gasteiger partial charge in [-0.15, -0.1) is 0 Å². The van der Waals surface area contributed by atoms with Gasteiger partial charge in [-0.25, -0.2) is 12.4 Å². The van der Waals surface area contributed by atoms with Crippen LogP contribution in [0.4, 0.5) is 5.69 Å². The van der Waals surface area contributed by atoms with E-state index in [1.807, 2.05) is 6.92 Å². The lowest BCUT2D eigenvalue weighted by Crippen LogP contribution is -2.28. The highest BCUT2D eigenvalue weighted by molar-refractivity contribution is 7.90. The zero-order valence-electron chi connectivity index (χ0n) is 15.8. The van der Waals surface area contributed by atoms with Crippen molar-refractivity contribution < 1.29 is 27.5 Å². The molecule has 2 N–H and O–H groups in total. The van der Waals surface area contributed by atoms with Crippen LogP contribution in [0, 0.1) is 0 Å². The number of fused-ring (bicyclic) bond motifs is 2. The van der Waals surface area contributed by atoms with Crippen molar-refractivity contribution in [3.8, 4) is 0 Å². The van der Waals surface area contributed by atoms with Gasteiger partial charge in [0.05, 0.1) is 18.4 Å². The summed E-state index contributed by atoms with van der Waals surface area (Å²) in [6.07, 6.45) is 2.62. The second kappa shape index (κ2) is 7.62. The predicted molar refractivity (Wildman–Crippen MR) is 103 cm³/mol. The lowest BCUT2D eigenvalue weighted by molar-refractivity contribution is 0.0447. The highest BCUT2D eigenvalue weighted by atomic mass is 32.2. The highest BCUT2D eigenvalue weighted by Gasteiger charge is 2.31. The molecule has 1 saturated heterocycles. The molecule has 3 heterocycles. The van der Waals surface area contributed by atoms with Gasteiger partial charge in [0, 0.05) is 18.3 Å². The molecule has 1 fully saturated rings. The minimum Gasteiger partial charge on any atom is -0.353 e. The van der Waals surface area contributed by atoms with Gasteiger partial charge >= 0.3 is 0 Å². The Kier molecular flexibility index (Phi) is 5.15. The Morgan fingerprint density at radius 1 is 1.34 bits per heavy atom. The topological polar surface area (TPSA) is 116 Å². The molecule has 0 spiro atoms. The summed E-state index contributed by atoms with van der Waals surface area (Å²) in [5.41, 5.74) is 1.12. The number of benzene rings is 1. The van der Waals surface area contributed by atoms with Gasteiger partial charge in [-0.2, -0.15) is 0 Å². The standard InChI is InChI=1S/C19H21N3O6S/c1-2-12-7-16-19(24)21-15-8-13(3-4-17(15)29(25,26)22(16)9-12)18(23)20-6-5-14-10-27-11-28-14/h3-4,7-9,14H,2,5-6,10-11H2,1H3,(H,20,23)(H,21,24)/t14-/m0/s1. The van der Waals surface area contributed by atoms with Crippen LogP contribution in [0.5, 0.6) is 0 Å². The third kappa shape index (κ3) is 3.66. The fourth-order valence-electron chi connectivity index (χ4n) is 3.33. The summed E-state index contributed by atoms with van der Waals surface area (Å²) < 4.78 is 37.5. The molecule has 2 aliphatic heterocycles.